The average Bonchev–Trinajstić information content (AvgIpc) is 2.64. The van der Waals surface area contributed by atoms with Crippen molar-refractivity contribution in [2.45, 2.75) is 20.3 Å². The highest BCUT2D eigenvalue weighted by Gasteiger charge is 2.10. The molecule has 1 N–H and O–H groups in total. The number of aromatic nitrogens is 2. The first-order valence-electron chi connectivity index (χ1n) is 8.20. The van der Waals surface area contributed by atoms with Crippen molar-refractivity contribution in [3.05, 3.63) is 35.9 Å². The van der Waals surface area contributed by atoms with E-state index >= 15 is 0 Å². The molecule has 2 aromatic rings. The molecule has 0 bridgehead atoms. The van der Waals surface area contributed by atoms with E-state index in [1.165, 1.54) is 0 Å². The third kappa shape index (κ3) is 4.82. The van der Waals surface area contributed by atoms with Crippen molar-refractivity contribution in [1.82, 2.24) is 10.2 Å². The first kappa shape index (κ1) is 18.5. The number of hydrogen-bond acceptors (Lipinski definition) is 6. The van der Waals surface area contributed by atoms with Crippen LogP contribution in [-0.4, -0.2) is 43.4 Å². The third-order valence-electron chi connectivity index (χ3n) is 3.82. The Hall–Kier alpha value is -2.83. The molecular weight excluding hydrogens is 320 g/mol. The molecule has 1 heterocycles. The van der Waals surface area contributed by atoms with Crippen molar-refractivity contribution in [3.63, 3.8) is 0 Å². The predicted octanol–water partition coefficient (Wildman–Crippen LogP) is 2.52. The molecule has 0 saturated heterocycles. The van der Waals surface area contributed by atoms with Crippen LogP contribution in [0.5, 0.6) is 11.5 Å². The molecule has 7 nitrogen and oxygen atoms in total. The second-order valence-corrected chi connectivity index (χ2v) is 5.36. The number of carbonyl (C=O) groups is 1. The van der Waals surface area contributed by atoms with Crippen LogP contribution in [0.4, 0.5) is 11.6 Å². The van der Waals surface area contributed by atoms with E-state index < -0.39 is 0 Å². The minimum absolute atomic E-state index is 0.169. The smallest absolute Gasteiger partial charge is 0.229 e. The lowest BCUT2D eigenvalue weighted by Gasteiger charge is -2.18. The van der Waals surface area contributed by atoms with Crippen molar-refractivity contribution >= 4 is 17.5 Å². The van der Waals surface area contributed by atoms with Crippen LogP contribution in [-0.2, 0) is 11.2 Å². The molecule has 25 heavy (non-hydrogen) atoms. The molecule has 1 amide bonds. The van der Waals surface area contributed by atoms with Gasteiger partial charge in [0, 0.05) is 13.1 Å². The Morgan fingerprint density at radius 1 is 1.04 bits per heavy atom. The van der Waals surface area contributed by atoms with Crippen molar-refractivity contribution in [2.24, 2.45) is 0 Å². The van der Waals surface area contributed by atoms with Crippen LogP contribution in [0.15, 0.2) is 30.3 Å². The fraction of sp³-hybridized carbons (Fsp3) is 0.389. The van der Waals surface area contributed by atoms with E-state index in [9.17, 15) is 4.79 Å². The van der Waals surface area contributed by atoms with Crippen LogP contribution in [0.25, 0.3) is 0 Å². The molecule has 134 valence electrons. The minimum atomic E-state index is -0.169. The van der Waals surface area contributed by atoms with Crippen molar-refractivity contribution < 1.29 is 14.3 Å². The molecule has 1 aromatic heterocycles. The highest BCUT2D eigenvalue weighted by molar-refractivity contribution is 5.91. The maximum Gasteiger partial charge on any atom is 0.229 e. The quantitative estimate of drug-likeness (QED) is 0.793. The molecule has 0 atom stereocenters. The Balaban J connectivity index is 2.00. The van der Waals surface area contributed by atoms with E-state index in [0.717, 1.165) is 24.5 Å². The monoisotopic (exact) mass is 344 g/mol. The number of nitrogens with zero attached hydrogens (tertiary/aromatic N) is 3. The lowest BCUT2D eigenvalue weighted by atomic mass is 10.1. The fourth-order valence-corrected chi connectivity index (χ4v) is 2.47. The Morgan fingerprint density at radius 2 is 1.76 bits per heavy atom. The second kappa shape index (κ2) is 8.86. The Labute approximate surface area is 148 Å². The largest absolute Gasteiger partial charge is 0.493 e. The molecule has 7 heteroatoms. The number of hydrogen-bond donors (Lipinski definition) is 1. The summed E-state index contributed by atoms with van der Waals surface area (Å²) in [4.78, 5) is 14.3. The van der Waals surface area contributed by atoms with Gasteiger partial charge in [0.1, 0.15) is 0 Å². The van der Waals surface area contributed by atoms with Crippen LogP contribution < -0.4 is 19.7 Å². The number of amides is 1. The van der Waals surface area contributed by atoms with E-state index in [1.807, 2.05) is 12.1 Å². The number of carbonyl (C=O) groups excluding carboxylic acids is 1. The summed E-state index contributed by atoms with van der Waals surface area (Å²) < 4.78 is 10.4. The van der Waals surface area contributed by atoms with Crippen LogP contribution in [0, 0.1) is 0 Å². The first-order chi connectivity index (χ1) is 12.1. The zero-order chi connectivity index (χ0) is 18.2. The van der Waals surface area contributed by atoms with Gasteiger partial charge in [-0.2, -0.15) is 0 Å². The molecule has 0 aliphatic carbocycles. The molecule has 1 aromatic carbocycles. The maximum absolute atomic E-state index is 12.2. The summed E-state index contributed by atoms with van der Waals surface area (Å²) in [5, 5.41) is 11.0. The van der Waals surface area contributed by atoms with E-state index in [-0.39, 0.29) is 12.3 Å². The summed E-state index contributed by atoms with van der Waals surface area (Å²) in [6, 6.07) is 9.00. The van der Waals surface area contributed by atoms with E-state index in [0.29, 0.717) is 17.3 Å². The number of ether oxygens (including phenoxy) is 2. The maximum atomic E-state index is 12.2. The number of benzene rings is 1. The second-order valence-electron chi connectivity index (χ2n) is 5.36. The summed E-state index contributed by atoms with van der Waals surface area (Å²) >= 11 is 0. The lowest BCUT2D eigenvalue weighted by molar-refractivity contribution is -0.115. The first-order valence-corrected chi connectivity index (χ1v) is 8.20. The van der Waals surface area contributed by atoms with Crippen LogP contribution in [0.2, 0.25) is 0 Å². The number of rotatable bonds is 8. The molecule has 0 aliphatic heterocycles. The Morgan fingerprint density at radius 3 is 2.32 bits per heavy atom. The minimum Gasteiger partial charge on any atom is -0.493 e. The molecule has 0 radical (unpaired) electrons. The van der Waals surface area contributed by atoms with Gasteiger partial charge in [-0.25, -0.2) is 0 Å². The third-order valence-corrected chi connectivity index (χ3v) is 3.82. The van der Waals surface area contributed by atoms with Crippen molar-refractivity contribution in [3.8, 4) is 11.5 Å². The van der Waals surface area contributed by atoms with Crippen molar-refractivity contribution in [1.29, 1.82) is 0 Å². The topological polar surface area (TPSA) is 76.6 Å². The molecule has 0 aliphatic rings. The number of anilines is 2. The Kier molecular flexibility index (Phi) is 6.56. The summed E-state index contributed by atoms with van der Waals surface area (Å²) in [5.74, 6) is 2.28. The van der Waals surface area contributed by atoms with E-state index in [2.05, 4.69) is 34.3 Å². The van der Waals surface area contributed by atoms with Gasteiger partial charge in [0.25, 0.3) is 0 Å². The SMILES string of the molecule is CCN(CC)c1ccc(NC(=O)Cc2ccc(OC)c(OC)c2)nn1. The van der Waals surface area contributed by atoms with Gasteiger partial charge in [0.05, 0.1) is 20.6 Å². The van der Waals surface area contributed by atoms with Gasteiger partial charge in [-0.15, -0.1) is 10.2 Å². The van der Waals surface area contributed by atoms with E-state index in [4.69, 9.17) is 9.47 Å². The zero-order valence-electron chi connectivity index (χ0n) is 15.1. The highest BCUT2D eigenvalue weighted by atomic mass is 16.5. The van der Waals surface area contributed by atoms with Gasteiger partial charge in [-0.05, 0) is 43.7 Å². The summed E-state index contributed by atoms with van der Waals surface area (Å²) in [6.45, 7) is 5.83. The Bertz CT molecular complexity index is 700. The summed E-state index contributed by atoms with van der Waals surface area (Å²) in [5.41, 5.74) is 0.822. The van der Waals surface area contributed by atoms with Crippen LogP contribution in [0.3, 0.4) is 0 Å². The normalized spacial score (nSPS) is 10.2. The standard InChI is InChI=1S/C18H24N4O3/c1-5-22(6-2)17-10-9-16(20-21-17)19-18(23)12-13-7-8-14(24-3)15(11-13)25-4/h7-11H,5-6,12H2,1-4H3,(H,19,20,23). The lowest BCUT2D eigenvalue weighted by Crippen LogP contribution is -2.23. The van der Waals surface area contributed by atoms with Gasteiger partial charge in [-0.1, -0.05) is 6.07 Å². The fourth-order valence-electron chi connectivity index (χ4n) is 2.47. The van der Waals surface area contributed by atoms with Gasteiger partial charge >= 0.3 is 0 Å². The average molecular weight is 344 g/mol. The van der Waals surface area contributed by atoms with E-state index in [1.54, 1.807) is 32.4 Å². The number of nitrogens with one attached hydrogen (secondary N) is 1. The van der Waals surface area contributed by atoms with Gasteiger partial charge in [0.15, 0.2) is 23.1 Å². The van der Waals surface area contributed by atoms with Gasteiger partial charge < -0.3 is 19.7 Å². The molecule has 2 rings (SSSR count). The highest BCUT2D eigenvalue weighted by Crippen LogP contribution is 2.27. The summed E-state index contributed by atoms with van der Waals surface area (Å²) in [7, 11) is 3.14. The summed E-state index contributed by atoms with van der Waals surface area (Å²) in [6.07, 6.45) is 0.208. The molecule has 0 spiro atoms. The molecule has 0 unspecified atom stereocenters. The van der Waals surface area contributed by atoms with Crippen LogP contribution in [0.1, 0.15) is 19.4 Å². The van der Waals surface area contributed by atoms with Crippen LogP contribution >= 0.6 is 0 Å². The van der Waals surface area contributed by atoms with Crippen molar-refractivity contribution in [2.75, 3.05) is 37.5 Å². The molecule has 0 fully saturated rings. The molecule has 0 saturated carbocycles. The van der Waals surface area contributed by atoms with Gasteiger partial charge in [-0.3, -0.25) is 4.79 Å². The molecular formula is C18H24N4O3. The number of methoxy groups -OCH3 is 2. The zero-order valence-corrected chi connectivity index (χ0v) is 15.1. The van der Waals surface area contributed by atoms with Gasteiger partial charge in [0.2, 0.25) is 5.91 Å². The predicted molar refractivity (Wildman–Crippen MR) is 97.5 cm³/mol.